The maximum atomic E-state index is 5.80. The molecule has 0 spiro atoms. The lowest BCUT2D eigenvalue weighted by Gasteiger charge is -2.46. The second-order valence-electron chi connectivity index (χ2n) is 4.31. The average Bonchev–Trinajstić information content (AvgIpc) is 2.34. The summed E-state index contributed by atoms with van der Waals surface area (Å²) in [5.74, 6) is 1.38. The van der Waals surface area contributed by atoms with Crippen molar-refractivity contribution in [3.63, 3.8) is 0 Å². The van der Waals surface area contributed by atoms with Crippen molar-refractivity contribution in [2.24, 2.45) is 0 Å². The predicted octanol–water partition coefficient (Wildman–Crippen LogP) is 0.494. The van der Waals surface area contributed by atoms with E-state index in [1.807, 2.05) is 0 Å². The lowest BCUT2D eigenvalue weighted by molar-refractivity contribution is 0.00869. The molecule has 5 nitrogen and oxygen atoms in total. The van der Waals surface area contributed by atoms with E-state index >= 15 is 0 Å². The summed E-state index contributed by atoms with van der Waals surface area (Å²) in [6.07, 6.45) is 1.75. The molecule has 0 aliphatic carbocycles. The molecule has 2 bridgehead atoms. The highest BCUT2D eigenvalue weighted by Crippen LogP contribution is 2.27. The van der Waals surface area contributed by atoms with Gasteiger partial charge in [-0.15, -0.1) is 0 Å². The third kappa shape index (κ3) is 1.70. The van der Waals surface area contributed by atoms with Crippen molar-refractivity contribution in [1.29, 1.82) is 0 Å². The fraction of sp³-hybridized carbons (Fsp3) is 0.600. The molecule has 1 unspecified atom stereocenters. The molecule has 6 heteroatoms. The highest BCUT2D eigenvalue weighted by atomic mass is 79.9. The summed E-state index contributed by atoms with van der Waals surface area (Å²) < 4.78 is 0.771. The number of halogens is 1. The van der Waals surface area contributed by atoms with Crippen LogP contribution in [-0.2, 0) is 0 Å². The van der Waals surface area contributed by atoms with E-state index in [0.717, 1.165) is 29.9 Å². The summed E-state index contributed by atoms with van der Waals surface area (Å²) in [5, 5.41) is 0. The summed E-state index contributed by atoms with van der Waals surface area (Å²) >= 11 is 3.32. The largest absolute Gasteiger partial charge is 0.383 e. The molecule has 86 valence electrons. The zero-order valence-corrected chi connectivity index (χ0v) is 10.5. The molecule has 3 aliphatic rings. The second-order valence-corrected chi connectivity index (χ2v) is 5.17. The zero-order valence-electron chi connectivity index (χ0n) is 8.93. The Labute approximate surface area is 103 Å². The molecule has 0 amide bonds. The van der Waals surface area contributed by atoms with Crippen LogP contribution in [0.3, 0.4) is 0 Å². The van der Waals surface area contributed by atoms with Crippen LogP contribution < -0.4 is 5.73 Å². The minimum atomic E-state index is 0.318. The van der Waals surface area contributed by atoms with E-state index in [9.17, 15) is 0 Å². The molecule has 1 atom stereocenters. The van der Waals surface area contributed by atoms with E-state index in [2.05, 4.69) is 35.7 Å². The number of aromatic nitrogens is 2. The third-order valence-electron chi connectivity index (χ3n) is 3.37. The number of nitrogens with two attached hydrogens (primary N) is 1. The first-order valence-electron chi connectivity index (χ1n) is 5.48. The van der Waals surface area contributed by atoms with Gasteiger partial charge in [0.05, 0.1) is 10.5 Å². The van der Waals surface area contributed by atoms with E-state index in [-0.39, 0.29) is 0 Å². The minimum Gasteiger partial charge on any atom is -0.383 e. The normalized spacial score (nSPS) is 32.9. The van der Waals surface area contributed by atoms with Crippen molar-refractivity contribution in [2.45, 2.75) is 6.04 Å². The Balaban J connectivity index is 1.89. The number of anilines is 1. The Bertz CT molecular complexity index is 402. The van der Waals surface area contributed by atoms with Crippen molar-refractivity contribution in [1.82, 2.24) is 19.8 Å². The van der Waals surface area contributed by atoms with Gasteiger partial charge in [-0.1, -0.05) is 0 Å². The van der Waals surface area contributed by atoms with E-state index in [1.54, 1.807) is 6.20 Å². The number of piperazine rings is 3. The summed E-state index contributed by atoms with van der Waals surface area (Å²) in [7, 11) is 0. The number of hydrogen-bond acceptors (Lipinski definition) is 5. The number of nitrogen functional groups attached to an aromatic ring is 1. The number of hydrogen-bond donors (Lipinski definition) is 1. The maximum Gasteiger partial charge on any atom is 0.149 e. The highest BCUT2D eigenvalue weighted by Gasteiger charge is 2.34. The molecule has 16 heavy (non-hydrogen) atoms. The van der Waals surface area contributed by atoms with Gasteiger partial charge in [-0.25, -0.2) is 9.97 Å². The Hall–Kier alpha value is -0.720. The number of nitrogens with zero attached hydrogens (tertiary/aromatic N) is 4. The van der Waals surface area contributed by atoms with Crippen LogP contribution >= 0.6 is 15.9 Å². The van der Waals surface area contributed by atoms with Crippen molar-refractivity contribution < 1.29 is 0 Å². The summed E-state index contributed by atoms with van der Waals surface area (Å²) in [6, 6.07) is 0.318. The van der Waals surface area contributed by atoms with E-state index in [0.29, 0.717) is 11.9 Å². The molecule has 0 saturated carbocycles. The van der Waals surface area contributed by atoms with E-state index in [1.165, 1.54) is 13.1 Å². The summed E-state index contributed by atoms with van der Waals surface area (Å²) in [6.45, 7) is 5.60. The smallest absolute Gasteiger partial charge is 0.149 e. The Morgan fingerprint density at radius 2 is 2.06 bits per heavy atom. The second kappa shape index (κ2) is 3.94. The van der Waals surface area contributed by atoms with Crippen LogP contribution in [0, 0.1) is 0 Å². The Kier molecular flexibility index (Phi) is 2.57. The van der Waals surface area contributed by atoms with Crippen LogP contribution in [0.5, 0.6) is 0 Å². The lowest BCUT2D eigenvalue weighted by atomic mass is 10.1. The molecule has 1 aromatic rings. The van der Waals surface area contributed by atoms with Crippen LogP contribution in [0.15, 0.2) is 10.7 Å². The third-order valence-corrected chi connectivity index (χ3v) is 3.98. The molecule has 2 N–H and O–H groups in total. The van der Waals surface area contributed by atoms with Gasteiger partial charge < -0.3 is 5.73 Å². The fourth-order valence-corrected chi connectivity index (χ4v) is 2.61. The molecule has 1 aromatic heterocycles. The molecular weight excluding hydrogens is 270 g/mol. The topological polar surface area (TPSA) is 58.3 Å². The maximum absolute atomic E-state index is 5.80. The first-order chi connectivity index (χ1) is 7.74. The molecule has 0 aromatic carbocycles. The predicted molar refractivity (Wildman–Crippen MR) is 64.9 cm³/mol. The Morgan fingerprint density at radius 1 is 1.31 bits per heavy atom. The SMILES string of the molecule is Nc1nc(C2CN3CCN2CC3)ncc1Br. The molecule has 3 aliphatic heterocycles. The summed E-state index contributed by atoms with van der Waals surface area (Å²) in [5.41, 5.74) is 5.80. The van der Waals surface area contributed by atoms with Gasteiger partial charge in [0.1, 0.15) is 11.6 Å². The van der Waals surface area contributed by atoms with Crippen molar-refractivity contribution in [3.8, 4) is 0 Å². The standard InChI is InChI=1S/C10H14BrN5/c11-7-5-13-10(14-9(7)12)8-6-15-1-3-16(8)4-2-15/h5,8H,1-4,6H2,(H2,12,13,14). The van der Waals surface area contributed by atoms with Gasteiger partial charge in [0.2, 0.25) is 0 Å². The van der Waals surface area contributed by atoms with Crippen LogP contribution in [0.1, 0.15) is 11.9 Å². The van der Waals surface area contributed by atoms with Crippen molar-refractivity contribution >= 4 is 21.7 Å². The first kappa shape index (κ1) is 10.4. The average molecular weight is 284 g/mol. The molecule has 4 heterocycles. The van der Waals surface area contributed by atoms with Gasteiger partial charge in [-0.05, 0) is 15.9 Å². The van der Waals surface area contributed by atoms with E-state index < -0.39 is 0 Å². The molecular formula is C10H14BrN5. The molecule has 0 radical (unpaired) electrons. The molecule has 3 fully saturated rings. The number of rotatable bonds is 1. The first-order valence-corrected chi connectivity index (χ1v) is 6.27. The van der Waals surface area contributed by atoms with Crippen LogP contribution in [-0.4, -0.2) is 52.5 Å². The monoisotopic (exact) mass is 283 g/mol. The zero-order chi connectivity index (χ0) is 11.1. The van der Waals surface area contributed by atoms with Crippen LogP contribution in [0.2, 0.25) is 0 Å². The highest BCUT2D eigenvalue weighted by molar-refractivity contribution is 9.10. The van der Waals surface area contributed by atoms with Gasteiger partial charge in [-0.2, -0.15) is 0 Å². The van der Waals surface area contributed by atoms with Crippen molar-refractivity contribution in [3.05, 3.63) is 16.5 Å². The van der Waals surface area contributed by atoms with Gasteiger partial charge in [0.25, 0.3) is 0 Å². The van der Waals surface area contributed by atoms with Crippen LogP contribution in [0.4, 0.5) is 5.82 Å². The van der Waals surface area contributed by atoms with Crippen LogP contribution in [0.25, 0.3) is 0 Å². The van der Waals surface area contributed by atoms with Crippen molar-refractivity contribution in [2.75, 3.05) is 38.5 Å². The quantitative estimate of drug-likeness (QED) is 0.813. The molecule has 4 rings (SSSR count). The van der Waals surface area contributed by atoms with Gasteiger partial charge in [0, 0.05) is 38.9 Å². The van der Waals surface area contributed by atoms with E-state index in [4.69, 9.17) is 5.73 Å². The van der Waals surface area contributed by atoms with Gasteiger partial charge >= 0.3 is 0 Å². The fourth-order valence-electron chi connectivity index (χ4n) is 2.42. The lowest BCUT2D eigenvalue weighted by Crippen LogP contribution is -2.57. The Morgan fingerprint density at radius 3 is 2.62 bits per heavy atom. The van der Waals surface area contributed by atoms with Gasteiger partial charge in [0.15, 0.2) is 0 Å². The molecule has 3 saturated heterocycles. The minimum absolute atomic E-state index is 0.318. The van der Waals surface area contributed by atoms with Gasteiger partial charge in [-0.3, -0.25) is 9.80 Å². The number of fused-ring (bicyclic) bond motifs is 3. The summed E-state index contributed by atoms with van der Waals surface area (Å²) in [4.78, 5) is 13.7.